The van der Waals surface area contributed by atoms with Crippen molar-refractivity contribution in [2.75, 3.05) is 24.8 Å². The van der Waals surface area contributed by atoms with Gasteiger partial charge in [0.2, 0.25) is 0 Å². The van der Waals surface area contributed by atoms with E-state index >= 15 is 0 Å². The predicted octanol–water partition coefficient (Wildman–Crippen LogP) is 5.18. The van der Waals surface area contributed by atoms with Crippen molar-refractivity contribution >= 4 is 48.8 Å². The second kappa shape index (κ2) is 11.6. The minimum atomic E-state index is -4.26. The van der Waals surface area contributed by atoms with Crippen LogP contribution in [0.25, 0.3) is 0 Å². The summed E-state index contributed by atoms with van der Waals surface area (Å²) in [5.41, 5.74) is -0.961. The lowest BCUT2D eigenvalue weighted by atomic mass is 9.75. The maximum Gasteiger partial charge on any atom is 0.303 e. The minimum Gasteiger partial charge on any atom is -0.454 e. The molecular weight excluding hydrogens is 619 g/mol. The zero-order valence-electron chi connectivity index (χ0n) is 22.2. The van der Waals surface area contributed by atoms with Crippen molar-refractivity contribution in [1.29, 1.82) is 0 Å². The third-order valence-electron chi connectivity index (χ3n) is 6.95. The molecule has 1 heterocycles. The number of sulfone groups is 2. The van der Waals surface area contributed by atoms with Gasteiger partial charge in [-0.3, -0.25) is 9.69 Å². The number of halogens is 4. The number of carbonyl (C=O) groups is 1. The summed E-state index contributed by atoms with van der Waals surface area (Å²) in [6.07, 6.45) is 1.82. The SMILES string of the molecule is CC(=O)OC1(C(c2cc(F)cc(F)c2)S(C)(=O)=O)CN(C(c2ccc(Cl)cc2)c2ccc(Cl)cc2)C1CS(C)(=O)=O. The zero-order valence-corrected chi connectivity index (χ0v) is 25.4. The molecule has 0 aromatic heterocycles. The van der Waals surface area contributed by atoms with Crippen molar-refractivity contribution in [3.8, 4) is 0 Å². The smallest absolute Gasteiger partial charge is 0.303 e. The highest BCUT2D eigenvalue weighted by atomic mass is 35.5. The molecule has 3 unspecified atom stereocenters. The van der Waals surface area contributed by atoms with Crippen LogP contribution in [-0.2, 0) is 29.2 Å². The molecule has 1 saturated heterocycles. The number of hydrogen-bond acceptors (Lipinski definition) is 7. The van der Waals surface area contributed by atoms with Gasteiger partial charge in [-0.1, -0.05) is 47.5 Å². The normalized spacial score (nSPS) is 20.4. The summed E-state index contributed by atoms with van der Waals surface area (Å²) < 4.78 is 86.7. The fourth-order valence-electron chi connectivity index (χ4n) is 5.63. The molecule has 0 radical (unpaired) electrons. The summed E-state index contributed by atoms with van der Waals surface area (Å²) in [7, 11) is -8.09. The number of nitrogens with zero attached hydrogens (tertiary/aromatic N) is 1. The van der Waals surface area contributed by atoms with Crippen molar-refractivity contribution in [3.05, 3.63) is 105 Å². The highest BCUT2D eigenvalue weighted by Crippen LogP contribution is 2.52. The molecule has 3 atom stereocenters. The van der Waals surface area contributed by atoms with Gasteiger partial charge in [0.25, 0.3) is 0 Å². The van der Waals surface area contributed by atoms with Crippen LogP contribution >= 0.6 is 23.2 Å². The van der Waals surface area contributed by atoms with Crippen LogP contribution in [0, 0.1) is 11.6 Å². The molecule has 0 amide bonds. The Morgan fingerprint density at radius 1 is 0.902 bits per heavy atom. The first-order valence-electron chi connectivity index (χ1n) is 12.3. The summed E-state index contributed by atoms with van der Waals surface area (Å²) in [4.78, 5) is 14.2. The maximum absolute atomic E-state index is 14.4. The van der Waals surface area contributed by atoms with E-state index in [1.165, 1.54) is 0 Å². The Kier molecular flexibility index (Phi) is 8.88. The first kappa shape index (κ1) is 31.4. The molecule has 1 aliphatic rings. The van der Waals surface area contributed by atoms with Gasteiger partial charge in [-0.2, -0.15) is 0 Å². The molecule has 220 valence electrons. The average molecular weight is 647 g/mol. The maximum atomic E-state index is 14.4. The van der Waals surface area contributed by atoms with Gasteiger partial charge in [0.05, 0.1) is 17.8 Å². The molecule has 4 rings (SSSR count). The molecule has 3 aromatic carbocycles. The first-order chi connectivity index (χ1) is 19.0. The number of benzene rings is 3. The fourth-order valence-corrected chi connectivity index (χ4v) is 8.56. The number of esters is 1. The Bertz CT molecular complexity index is 1600. The Morgan fingerprint density at radius 2 is 1.37 bits per heavy atom. The zero-order chi connectivity index (χ0) is 30.3. The largest absolute Gasteiger partial charge is 0.454 e. The van der Waals surface area contributed by atoms with E-state index < -0.39 is 66.0 Å². The second-order valence-corrected chi connectivity index (χ2v) is 15.4. The monoisotopic (exact) mass is 645 g/mol. The molecule has 0 N–H and O–H groups in total. The van der Waals surface area contributed by atoms with E-state index in [1.54, 1.807) is 53.4 Å². The van der Waals surface area contributed by atoms with Crippen LogP contribution in [0.5, 0.6) is 0 Å². The van der Waals surface area contributed by atoms with Crippen LogP contribution in [0.1, 0.15) is 34.9 Å². The third kappa shape index (κ3) is 6.91. The minimum absolute atomic E-state index is 0.279. The summed E-state index contributed by atoms with van der Waals surface area (Å²) in [6.45, 7) is 0.780. The van der Waals surface area contributed by atoms with E-state index in [9.17, 15) is 30.4 Å². The lowest BCUT2D eigenvalue weighted by Crippen LogP contribution is -2.76. The lowest BCUT2D eigenvalue weighted by molar-refractivity contribution is -0.201. The van der Waals surface area contributed by atoms with Gasteiger partial charge in [-0.15, -0.1) is 0 Å². The summed E-state index contributed by atoms with van der Waals surface area (Å²) in [5.74, 6) is -3.59. The molecule has 0 bridgehead atoms. The molecule has 0 spiro atoms. The van der Waals surface area contributed by atoms with Crippen LogP contribution in [0.15, 0.2) is 66.7 Å². The molecule has 0 saturated carbocycles. The molecule has 0 aliphatic carbocycles. The number of rotatable bonds is 9. The van der Waals surface area contributed by atoms with Crippen molar-refractivity contribution in [1.82, 2.24) is 4.90 Å². The number of hydrogen-bond donors (Lipinski definition) is 0. The van der Waals surface area contributed by atoms with Crippen molar-refractivity contribution in [2.45, 2.75) is 29.9 Å². The standard InChI is InChI=1S/C28H27Cl2F2NO6S2/c1-17(34)39-28(27(41(3,37)38)20-12-23(31)14-24(32)13-20)16-33(25(28)15-40(2,35)36)26(18-4-8-21(29)9-5-18)19-6-10-22(30)11-7-19/h4-14,25-27H,15-16H2,1-3H3. The van der Waals surface area contributed by atoms with Gasteiger partial charge in [0.1, 0.15) is 26.7 Å². The molecule has 1 aliphatic heterocycles. The van der Waals surface area contributed by atoms with E-state index in [1.807, 2.05) is 0 Å². The van der Waals surface area contributed by atoms with E-state index in [-0.39, 0.29) is 12.1 Å². The van der Waals surface area contributed by atoms with Gasteiger partial charge in [0.15, 0.2) is 15.4 Å². The van der Waals surface area contributed by atoms with Crippen LogP contribution in [0.3, 0.4) is 0 Å². The summed E-state index contributed by atoms with van der Waals surface area (Å²) in [6, 6.07) is 13.9. The van der Waals surface area contributed by atoms with Crippen LogP contribution in [-0.4, -0.2) is 64.2 Å². The highest BCUT2D eigenvalue weighted by Gasteiger charge is 2.65. The molecule has 7 nitrogen and oxygen atoms in total. The Balaban J connectivity index is 1.97. The Labute approximate surface area is 247 Å². The van der Waals surface area contributed by atoms with Gasteiger partial charge >= 0.3 is 5.97 Å². The molecule has 1 fully saturated rings. The van der Waals surface area contributed by atoms with Crippen LogP contribution in [0.2, 0.25) is 10.0 Å². The predicted molar refractivity (Wildman–Crippen MR) is 153 cm³/mol. The van der Waals surface area contributed by atoms with Crippen LogP contribution in [0.4, 0.5) is 8.78 Å². The number of ether oxygens (including phenoxy) is 1. The first-order valence-corrected chi connectivity index (χ1v) is 17.1. The lowest BCUT2D eigenvalue weighted by Gasteiger charge is -2.60. The third-order valence-corrected chi connectivity index (χ3v) is 9.90. The van der Waals surface area contributed by atoms with E-state index in [2.05, 4.69) is 0 Å². The Morgan fingerprint density at radius 3 is 1.76 bits per heavy atom. The highest BCUT2D eigenvalue weighted by molar-refractivity contribution is 7.91. The molecular formula is C28H27Cl2F2NO6S2. The van der Waals surface area contributed by atoms with Gasteiger partial charge in [-0.25, -0.2) is 25.6 Å². The van der Waals surface area contributed by atoms with Gasteiger partial charge < -0.3 is 4.74 Å². The molecule has 3 aromatic rings. The molecule has 13 heteroatoms. The van der Waals surface area contributed by atoms with Crippen molar-refractivity contribution in [2.24, 2.45) is 0 Å². The molecule has 41 heavy (non-hydrogen) atoms. The van der Waals surface area contributed by atoms with Crippen molar-refractivity contribution < 1.29 is 35.1 Å². The van der Waals surface area contributed by atoms with Crippen LogP contribution < -0.4 is 0 Å². The second-order valence-electron chi connectivity index (χ2n) is 10.2. The van der Waals surface area contributed by atoms with Crippen molar-refractivity contribution in [3.63, 3.8) is 0 Å². The Hall–Kier alpha value is -2.57. The van der Waals surface area contributed by atoms with E-state index in [4.69, 9.17) is 27.9 Å². The fraction of sp³-hybridized carbons (Fsp3) is 0.321. The van der Waals surface area contributed by atoms with Gasteiger partial charge in [0, 0.05) is 42.1 Å². The van der Waals surface area contributed by atoms with E-state index in [0.717, 1.165) is 31.6 Å². The van der Waals surface area contributed by atoms with Gasteiger partial charge in [-0.05, 0) is 53.1 Å². The average Bonchev–Trinajstić information content (AvgIpc) is 2.82. The topological polar surface area (TPSA) is 97.8 Å². The summed E-state index contributed by atoms with van der Waals surface area (Å²) >= 11 is 12.2. The number of likely N-dealkylation sites (tertiary alicyclic amines) is 1. The summed E-state index contributed by atoms with van der Waals surface area (Å²) in [5, 5.41) is -0.873. The van der Waals surface area contributed by atoms with E-state index in [0.29, 0.717) is 27.2 Å². The number of carbonyl (C=O) groups excluding carboxylic acids is 1. The quantitative estimate of drug-likeness (QED) is 0.296.